The van der Waals surface area contributed by atoms with E-state index in [0.717, 1.165) is 23.1 Å². The monoisotopic (exact) mass is 388 g/mol. The molecule has 0 unspecified atom stereocenters. The van der Waals surface area contributed by atoms with E-state index in [4.69, 9.17) is 16.3 Å². The van der Waals surface area contributed by atoms with Crippen LogP contribution < -0.4 is 9.47 Å². The average molecular weight is 389 g/mol. The molecule has 11 heteroatoms. The maximum absolute atomic E-state index is 14.7. The minimum Gasteiger partial charge on any atom is -0.619 e. The number of halogens is 5. The van der Waals surface area contributed by atoms with Crippen LogP contribution in [0, 0.1) is 11.0 Å². The summed E-state index contributed by atoms with van der Waals surface area (Å²) in [5.74, 6) is -0.826. The molecule has 0 N–H and O–H groups in total. The lowest BCUT2D eigenvalue weighted by atomic mass is 10.0. The number of benzene rings is 1. The summed E-state index contributed by atoms with van der Waals surface area (Å²) in [7, 11) is 1.30. The molecule has 0 radical (unpaired) electrons. The Bertz CT molecular complexity index is 975. The van der Waals surface area contributed by atoms with Crippen molar-refractivity contribution in [2.24, 2.45) is 0 Å². The Morgan fingerprint density at radius 2 is 2.00 bits per heavy atom. The van der Waals surface area contributed by atoms with Gasteiger partial charge in [0.1, 0.15) is 5.75 Å². The quantitative estimate of drug-likeness (QED) is 0.392. The predicted octanol–water partition coefficient (Wildman–Crippen LogP) is 3.39. The molecular weight excluding hydrogens is 380 g/mol. The summed E-state index contributed by atoms with van der Waals surface area (Å²) in [5, 5.41) is 17.8. The highest BCUT2D eigenvalue weighted by molar-refractivity contribution is 6.31. The zero-order valence-corrected chi connectivity index (χ0v) is 13.7. The standard InChI is InChI=1S/C15H9ClF4N4O2/c1-26-11-4-5-23(25)6-8(11)13-10(3-2-9(16)14(13)17)24-7-12(21-22-24)15(18,19)20/h2-7H,1H3. The van der Waals surface area contributed by atoms with Gasteiger partial charge in [0.05, 0.1) is 35.1 Å². The summed E-state index contributed by atoms with van der Waals surface area (Å²) in [6.45, 7) is 0. The Morgan fingerprint density at radius 3 is 2.62 bits per heavy atom. The fraction of sp³-hybridized carbons (Fsp3) is 0.133. The molecule has 26 heavy (non-hydrogen) atoms. The van der Waals surface area contributed by atoms with E-state index in [9.17, 15) is 22.8 Å². The molecule has 2 aromatic heterocycles. The van der Waals surface area contributed by atoms with Crippen LogP contribution in [0.5, 0.6) is 5.75 Å². The molecule has 0 bridgehead atoms. The first-order valence-electron chi connectivity index (χ1n) is 6.97. The molecule has 0 saturated carbocycles. The summed E-state index contributed by atoms with van der Waals surface area (Å²) in [5.41, 5.74) is -1.61. The van der Waals surface area contributed by atoms with Crippen molar-refractivity contribution in [2.45, 2.75) is 6.18 Å². The van der Waals surface area contributed by atoms with Gasteiger partial charge in [-0.2, -0.15) is 17.9 Å². The Hall–Kier alpha value is -2.88. The van der Waals surface area contributed by atoms with Crippen LogP contribution in [0.2, 0.25) is 5.02 Å². The zero-order valence-electron chi connectivity index (χ0n) is 13.0. The fourth-order valence-corrected chi connectivity index (χ4v) is 2.49. The zero-order chi connectivity index (χ0) is 19.1. The topological polar surface area (TPSA) is 66.9 Å². The van der Waals surface area contributed by atoms with E-state index in [0.29, 0.717) is 10.9 Å². The smallest absolute Gasteiger partial charge is 0.436 e. The molecular formula is C15H9ClF4N4O2. The van der Waals surface area contributed by atoms with Crippen molar-refractivity contribution >= 4 is 11.6 Å². The van der Waals surface area contributed by atoms with Crippen molar-refractivity contribution in [3.63, 3.8) is 0 Å². The van der Waals surface area contributed by atoms with E-state index in [1.165, 1.54) is 19.2 Å². The Kier molecular flexibility index (Phi) is 4.45. The lowest BCUT2D eigenvalue weighted by molar-refractivity contribution is -0.604. The molecule has 3 aromatic rings. The number of nitrogens with zero attached hydrogens (tertiary/aromatic N) is 4. The first kappa shape index (κ1) is 17.9. The number of pyridine rings is 1. The minimum absolute atomic E-state index is 0.0101. The number of hydrogen-bond acceptors (Lipinski definition) is 4. The minimum atomic E-state index is -4.72. The molecule has 2 heterocycles. The van der Waals surface area contributed by atoms with E-state index in [2.05, 4.69) is 10.3 Å². The maximum atomic E-state index is 14.7. The van der Waals surface area contributed by atoms with Crippen LogP contribution in [0.4, 0.5) is 17.6 Å². The van der Waals surface area contributed by atoms with Gasteiger partial charge in [-0.05, 0) is 12.1 Å². The molecule has 1 aromatic carbocycles. The van der Waals surface area contributed by atoms with Crippen molar-refractivity contribution in [3.8, 4) is 22.6 Å². The fourth-order valence-electron chi connectivity index (χ4n) is 2.33. The van der Waals surface area contributed by atoms with Crippen molar-refractivity contribution < 1.29 is 27.0 Å². The second-order valence-corrected chi connectivity index (χ2v) is 5.50. The van der Waals surface area contributed by atoms with Gasteiger partial charge in [0.25, 0.3) is 0 Å². The molecule has 0 saturated heterocycles. The molecule has 6 nitrogen and oxygen atoms in total. The molecule has 0 aliphatic heterocycles. The van der Waals surface area contributed by atoms with Crippen molar-refractivity contribution in [1.82, 2.24) is 15.0 Å². The Labute approximate surface area is 148 Å². The third-order valence-corrected chi connectivity index (χ3v) is 3.78. The van der Waals surface area contributed by atoms with Gasteiger partial charge in [0, 0.05) is 6.07 Å². The molecule has 0 fully saturated rings. The van der Waals surface area contributed by atoms with Gasteiger partial charge in [-0.25, -0.2) is 9.07 Å². The number of rotatable bonds is 3. The lowest BCUT2D eigenvalue weighted by Gasteiger charge is -2.14. The van der Waals surface area contributed by atoms with Crippen LogP contribution in [0.25, 0.3) is 16.8 Å². The summed E-state index contributed by atoms with van der Waals surface area (Å²) < 4.78 is 59.3. The van der Waals surface area contributed by atoms with Gasteiger partial charge in [0.15, 0.2) is 23.9 Å². The van der Waals surface area contributed by atoms with Crippen LogP contribution in [-0.4, -0.2) is 22.1 Å². The van der Waals surface area contributed by atoms with Gasteiger partial charge in [0.2, 0.25) is 0 Å². The van der Waals surface area contributed by atoms with Crippen LogP contribution in [-0.2, 0) is 6.18 Å². The second kappa shape index (κ2) is 6.45. The van der Waals surface area contributed by atoms with E-state index < -0.39 is 17.7 Å². The summed E-state index contributed by atoms with van der Waals surface area (Å²) in [6.07, 6.45) is -1.97. The molecule has 136 valence electrons. The van der Waals surface area contributed by atoms with Gasteiger partial charge in [-0.3, -0.25) is 0 Å². The largest absolute Gasteiger partial charge is 0.619 e. The first-order valence-corrected chi connectivity index (χ1v) is 7.35. The number of ether oxygens (including phenoxy) is 1. The SMILES string of the molecule is COc1cc[n+]([O-])cc1-c1c(-n2cc(C(F)(F)F)nn2)ccc(Cl)c1F. The van der Waals surface area contributed by atoms with Gasteiger partial charge < -0.3 is 9.94 Å². The number of aromatic nitrogens is 4. The lowest BCUT2D eigenvalue weighted by Crippen LogP contribution is -2.24. The van der Waals surface area contributed by atoms with E-state index in [-0.39, 0.29) is 27.6 Å². The second-order valence-electron chi connectivity index (χ2n) is 5.09. The van der Waals surface area contributed by atoms with Gasteiger partial charge in [-0.15, -0.1) is 5.10 Å². The van der Waals surface area contributed by atoms with Crippen molar-refractivity contribution in [1.29, 1.82) is 0 Å². The molecule has 0 aliphatic carbocycles. The van der Waals surface area contributed by atoms with Crippen LogP contribution in [0.3, 0.4) is 0 Å². The maximum Gasteiger partial charge on any atom is 0.436 e. The third kappa shape index (κ3) is 3.15. The highest BCUT2D eigenvalue weighted by Gasteiger charge is 2.35. The number of hydrogen-bond donors (Lipinski definition) is 0. The van der Waals surface area contributed by atoms with Crippen LogP contribution in [0.1, 0.15) is 5.69 Å². The van der Waals surface area contributed by atoms with Gasteiger partial charge in [-0.1, -0.05) is 16.8 Å². The first-order chi connectivity index (χ1) is 12.2. The Balaban J connectivity index is 2.28. The van der Waals surface area contributed by atoms with Crippen LogP contribution in [0.15, 0.2) is 36.8 Å². The molecule has 3 rings (SSSR count). The third-order valence-electron chi connectivity index (χ3n) is 3.49. The molecule has 0 spiro atoms. The summed E-state index contributed by atoms with van der Waals surface area (Å²) in [4.78, 5) is 0. The highest BCUT2D eigenvalue weighted by atomic mass is 35.5. The van der Waals surface area contributed by atoms with Crippen molar-refractivity contribution in [2.75, 3.05) is 7.11 Å². The number of methoxy groups -OCH3 is 1. The average Bonchev–Trinajstić information content (AvgIpc) is 3.07. The summed E-state index contributed by atoms with van der Waals surface area (Å²) >= 11 is 5.81. The van der Waals surface area contributed by atoms with E-state index >= 15 is 0 Å². The van der Waals surface area contributed by atoms with E-state index in [1.807, 2.05) is 0 Å². The molecule has 0 aliphatic rings. The van der Waals surface area contributed by atoms with Gasteiger partial charge >= 0.3 is 6.18 Å². The molecule has 0 atom stereocenters. The number of alkyl halides is 3. The molecule has 0 amide bonds. The van der Waals surface area contributed by atoms with E-state index in [1.54, 1.807) is 0 Å². The predicted molar refractivity (Wildman–Crippen MR) is 82.3 cm³/mol. The normalized spacial score (nSPS) is 11.6. The summed E-state index contributed by atoms with van der Waals surface area (Å²) in [6, 6.07) is 3.71. The Morgan fingerprint density at radius 1 is 1.27 bits per heavy atom. The van der Waals surface area contributed by atoms with Crippen molar-refractivity contribution in [3.05, 3.63) is 58.5 Å². The van der Waals surface area contributed by atoms with Crippen LogP contribution >= 0.6 is 11.6 Å². The highest BCUT2D eigenvalue weighted by Crippen LogP contribution is 2.38.